The van der Waals surface area contributed by atoms with Crippen LogP contribution in [0.25, 0.3) is 0 Å². The molecule has 0 aliphatic heterocycles. The van der Waals surface area contributed by atoms with E-state index in [1.807, 2.05) is 0 Å². The highest BCUT2D eigenvalue weighted by Gasteiger charge is 2.13. The molecule has 0 aliphatic rings. The Morgan fingerprint density at radius 1 is 1.15 bits per heavy atom. The summed E-state index contributed by atoms with van der Waals surface area (Å²) in [6, 6.07) is 0.698. The van der Waals surface area contributed by atoms with Crippen LogP contribution in [-0.4, -0.2) is 11.7 Å². The number of phenolic OH excluding ortho intramolecular Hbond substituents is 1. The Morgan fingerprint density at radius 3 is 2.31 bits per heavy atom. The molecule has 0 unspecified atom stereocenters. The lowest BCUT2D eigenvalue weighted by molar-refractivity contribution is -0.0524. The number of ether oxygens (including phenoxy) is 1. The Bertz CT molecular complexity index is 314. The first-order valence-electron chi connectivity index (χ1n) is 3.13. The molecule has 0 atom stereocenters. The third-order valence-electron chi connectivity index (χ3n) is 1.22. The minimum atomic E-state index is -3.24. The fraction of sp³-hybridized carbons (Fsp3) is 0.143. The summed E-state index contributed by atoms with van der Waals surface area (Å²) in [7, 11) is 0. The van der Waals surface area contributed by atoms with Crippen molar-refractivity contribution in [3.63, 3.8) is 0 Å². The zero-order chi connectivity index (χ0) is 10.0. The lowest BCUT2D eigenvalue weighted by Crippen LogP contribution is -2.04. The molecule has 0 bridgehead atoms. The monoisotopic (exact) mass is 196 g/mol. The molecule has 1 N–H and O–H groups in total. The summed E-state index contributed by atoms with van der Waals surface area (Å²) in [5, 5.41) is 8.60. The average Bonchev–Trinajstić information content (AvgIpc) is 1.99. The minimum Gasteiger partial charge on any atom is -0.505 e. The van der Waals surface area contributed by atoms with Crippen LogP contribution in [-0.2, 0) is 0 Å². The predicted molar refractivity (Wildman–Crippen MR) is 34.7 cm³/mol. The second-order valence-corrected chi connectivity index (χ2v) is 2.11. The van der Waals surface area contributed by atoms with E-state index < -0.39 is 29.7 Å². The lowest BCUT2D eigenvalue weighted by atomic mass is 10.3. The average molecular weight is 196 g/mol. The van der Waals surface area contributed by atoms with Gasteiger partial charge in [0.1, 0.15) is 0 Å². The topological polar surface area (TPSA) is 29.5 Å². The van der Waals surface area contributed by atoms with E-state index >= 15 is 0 Å². The molecule has 0 spiro atoms. The molecule has 0 heterocycles. The molecule has 1 rings (SSSR count). The molecule has 0 saturated carbocycles. The molecule has 0 aromatic heterocycles. The molecule has 1 aromatic rings. The van der Waals surface area contributed by atoms with E-state index in [0.717, 1.165) is 0 Å². The zero-order valence-electron chi connectivity index (χ0n) is 6.10. The van der Waals surface area contributed by atoms with Gasteiger partial charge in [0.2, 0.25) is 0 Å². The van der Waals surface area contributed by atoms with Crippen molar-refractivity contribution in [1.82, 2.24) is 0 Å². The number of aromatic hydroxyl groups is 1. The SMILES string of the molecule is Oc1cc(F)c(OC(F)F)cc1F. The molecule has 6 heteroatoms. The predicted octanol–water partition coefficient (Wildman–Crippen LogP) is 2.27. The van der Waals surface area contributed by atoms with Crippen LogP contribution in [0.5, 0.6) is 11.5 Å². The van der Waals surface area contributed by atoms with Crippen LogP contribution < -0.4 is 4.74 Å². The fourth-order valence-electron chi connectivity index (χ4n) is 0.704. The van der Waals surface area contributed by atoms with Crippen LogP contribution >= 0.6 is 0 Å². The van der Waals surface area contributed by atoms with Crippen LogP contribution in [0.3, 0.4) is 0 Å². The summed E-state index contributed by atoms with van der Waals surface area (Å²) < 4.78 is 51.8. The third kappa shape index (κ3) is 2.24. The normalized spacial score (nSPS) is 10.5. The van der Waals surface area contributed by atoms with Gasteiger partial charge in [-0.05, 0) is 0 Å². The molecule has 13 heavy (non-hydrogen) atoms. The zero-order valence-corrected chi connectivity index (χ0v) is 6.10. The maximum absolute atomic E-state index is 12.6. The number of benzene rings is 1. The smallest absolute Gasteiger partial charge is 0.387 e. The quantitative estimate of drug-likeness (QED) is 0.735. The summed E-state index contributed by atoms with van der Waals surface area (Å²) in [4.78, 5) is 0. The number of rotatable bonds is 2. The van der Waals surface area contributed by atoms with Crippen LogP contribution in [0.2, 0.25) is 0 Å². The first-order chi connectivity index (χ1) is 6.00. The van der Waals surface area contributed by atoms with E-state index in [4.69, 9.17) is 5.11 Å². The second kappa shape index (κ2) is 3.51. The van der Waals surface area contributed by atoms with Crippen LogP contribution in [0, 0.1) is 11.6 Å². The fourth-order valence-corrected chi connectivity index (χ4v) is 0.704. The van der Waals surface area contributed by atoms with Gasteiger partial charge in [0.05, 0.1) is 0 Å². The highest BCUT2D eigenvalue weighted by molar-refractivity contribution is 5.33. The number of hydrogen-bond acceptors (Lipinski definition) is 2. The molecule has 2 nitrogen and oxygen atoms in total. The maximum atomic E-state index is 12.6. The van der Waals surface area contributed by atoms with Gasteiger partial charge < -0.3 is 9.84 Å². The molecular formula is C7H4F4O2. The van der Waals surface area contributed by atoms with Crippen molar-refractivity contribution in [1.29, 1.82) is 0 Å². The first kappa shape index (κ1) is 9.63. The molecule has 0 saturated heterocycles. The van der Waals surface area contributed by atoms with Crippen LogP contribution in [0.4, 0.5) is 17.6 Å². The molecule has 72 valence electrons. The molecule has 0 amide bonds. The first-order valence-corrected chi connectivity index (χ1v) is 3.13. The van der Waals surface area contributed by atoms with Gasteiger partial charge in [-0.1, -0.05) is 0 Å². The standard InChI is InChI=1S/C7H4F4O2/c8-3-2-6(13-7(10)11)4(9)1-5(3)12/h1-2,7,12H. The van der Waals surface area contributed by atoms with Crippen molar-refractivity contribution in [2.24, 2.45) is 0 Å². The van der Waals surface area contributed by atoms with Gasteiger partial charge in [0.25, 0.3) is 0 Å². The Morgan fingerprint density at radius 2 is 1.77 bits per heavy atom. The minimum absolute atomic E-state index is 0.344. The number of alkyl halides is 2. The van der Waals surface area contributed by atoms with E-state index in [1.54, 1.807) is 0 Å². The second-order valence-electron chi connectivity index (χ2n) is 2.11. The molecule has 0 fully saturated rings. The van der Waals surface area contributed by atoms with E-state index in [-0.39, 0.29) is 0 Å². The van der Waals surface area contributed by atoms with Gasteiger partial charge >= 0.3 is 6.61 Å². The number of phenols is 1. The highest BCUT2D eigenvalue weighted by atomic mass is 19.3. The van der Waals surface area contributed by atoms with Crippen molar-refractivity contribution >= 4 is 0 Å². The van der Waals surface area contributed by atoms with Crippen molar-refractivity contribution in [3.8, 4) is 11.5 Å². The van der Waals surface area contributed by atoms with E-state index in [2.05, 4.69) is 4.74 Å². The number of halogens is 4. The summed E-state index contributed by atoms with van der Waals surface area (Å²) in [6.45, 7) is -3.24. The van der Waals surface area contributed by atoms with Crippen LogP contribution in [0.15, 0.2) is 12.1 Å². The molecule has 0 radical (unpaired) electrons. The lowest BCUT2D eigenvalue weighted by Gasteiger charge is -2.05. The maximum Gasteiger partial charge on any atom is 0.387 e. The van der Waals surface area contributed by atoms with Gasteiger partial charge in [-0.3, -0.25) is 0 Å². The Balaban J connectivity index is 3.01. The van der Waals surface area contributed by atoms with Gasteiger partial charge in [-0.2, -0.15) is 8.78 Å². The van der Waals surface area contributed by atoms with Crippen molar-refractivity contribution in [2.45, 2.75) is 6.61 Å². The van der Waals surface area contributed by atoms with Crippen LogP contribution in [0.1, 0.15) is 0 Å². The van der Waals surface area contributed by atoms with Crippen molar-refractivity contribution < 1.29 is 27.4 Å². The molecular weight excluding hydrogens is 192 g/mol. The summed E-state index contributed by atoms with van der Waals surface area (Å²) in [6.07, 6.45) is 0. The summed E-state index contributed by atoms with van der Waals surface area (Å²) in [5.41, 5.74) is 0. The largest absolute Gasteiger partial charge is 0.505 e. The third-order valence-corrected chi connectivity index (χ3v) is 1.22. The van der Waals surface area contributed by atoms with Gasteiger partial charge in [-0.15, -0.1) is 0 Å². The van der Waals surface area contributed by atoms with Crippen molar-refractivity contribution in [3.05, 3.63) is 23.8 Å². The Kier molecular flexibility index (Phi) is 2.60. The summed E-state index contributed by atoms with van der Waals surface area (Å²) in [5.74, 6) is -4.37. The van der Waals surface area contributed by atoms with Crippen molar-refractivity contribution in [2.75, 3.05) is 0 Å². The molecule has 1 aromatic carbocycles. The highest BCUT2D eigenvalue weighted by Crippen LogP contribution is 2.26. The Labute approximate surface area is 70.4 Å². The summed E-state index contributed by atoms with van der Waals surface area (Å²) >= 11 is 0. The molecule has 0 aliphatic carbocycles. The van der Waals surface area contributed by atoms with Gasteiger partial charge in [0, 0.05) is 12.1 Å². The number of hydrogen-bond donors (Lipinski definition) is 1. The van der Waals surface area contributed by atoms with E-state index in [0.29, 0.717) is 12.1 Å². The Hall–Kier alpha value is -1.46. The van der Waals surface area contributed by atoms with Gasteiger partial charge in [-0.25, -0.2) is 8.78 Å². The van der Waals surface area contributed by atoms with E-state index in [1.165, 1.54) is 0 Å². The van der Waals surface area contributed by atoms with Gasteiger partial charge in [0.15, 0.2) is 23.1 Å². The van der Waals surface area contributed by atoms with E-state index in [9.17, 15) is 17.6 Å².